The molecule has 0 atom stereocenters. The Balaban J connectivity index is 2.05. The number of amides is 1. The van der Waals surface area contributed by atoms with Gasteiger partial charge in [0.25, 0.3) is 0 Å². The molecule has 1 saturated carbocycles. The van der Waals surface area contributed by atoms with Crippen LogP contribution in [0.25, 0.3) is 0 Å². The van der Waals surface area contributed by atoms with Gasteiger partial charge in [-0.2, -0.15) is 0 Å². The number of anilines is 1. The third-order valence-electron chi connectivity index (χ3n) is 3.07. The van der Waals surface area contributed by atoms with Crippen LogP contribution >= 0.6 is 0 Å². The Morgan fingerprint density at radius 3 is 2.67 bits per heavy atom. The fraction of sp³-hybridized carbons (Fsp3) is 0.462. The first-order chi connectivity index (χ1) is 8.41. The van der Waals surface area contributed by atoms with Crippen LogP contribution in [0.5, 0.6) is 5.75 Å². The van der Waals surface area contributed by atoms with E-state index in [0.717, 1.165) is 5.56 Å². The highest BCUT2D eigenvalue weighted by molar-refractivity contribution is 5.94. The monoisotopic (exact) mass is 255 g/mol. The van der Waals surface area contributed by atoms with Crippen molar-refractivity contribution in [3.8, 4) is 5.75 Å². The Morgan fingerprint density at radius 1 is 1.44 bits per heavy atom. The summed E-state index contributed by atoms with van der Waals surface area (Å²) >= 11 is 0. The number of alkyl halides is 2. The molecule has 1 aliphatic rings. The molecule has 0 unspecified atom stereocenters. The van der Waals surface area contributed by atoms with Crippen molar-refractivity contribution in [2.45, 2.75) is 25.7 Å². The molecule has 0 spiro atoms. The number of halogens is 2. The maximum absolute atomic E-state index is 12.7. The minimum Gasteiger partial charge on any atom is -0.495 e. The summed E-state index contributed by atoms with van der Waals surface area (Å²) in [6.45, 7) is 1.88. The summed E-state index contributed by atoms with van der Waals surface area (Å²) in [5, 5.41) is 2.64. The maximum atomic E-state index is 12.7. The summed E-state index contributed by atoms with van der Waals surface area (Å²) in [4.78, 5) is 11.8. The molecule has 0 bridgehead atoms. The predicted octanol–water partition coefficient (Wildman–Crippen LogP) is 2.99. The molecule has 1 aromatic carbocycles. The number of ether oxygens (including phenoxy) is 1. The number of hydrogen-bond donors (Lipinski definition) is 1. The van der Waals surface area contributed by atoms with E-state index < -0.39 is 11.8 Å². The lowest BCUT2D eigenvalue weighted by Gasteiger charge is -2.33. The summed E-state index contributed by atoms with van der Waals surface area (Å²) < 4.78 is 30.5. The van der Waals surface area contributed by atoms with Gasteiger partial charge in [-0.15, -0.1) is 0 Å². The molecular formula is C13H15F2NO2. The number of carbonyl (C=O) groups is 1. The molecule has 1 N–H and O–H groups in total. The molecule has 0 aromatic heterocycles. The van der Waals surface area contributed by atoms with Gasteiger partial charge < -0.3 is 10.1 Å². The highest BCUT2D eigenvalue weighted by Crippen LogP contribution is 2.43. The van der Waals surface area contributed by atoms with E-state index in [1.807, 2.05) is 13.0 Å². The van der Waals surface area contributed by atoms with Crippen molar-refractivity contribution in [1.82, 2.24) is 0 Å². The molecule has 98 valence electrons. The van der Waals surface area contributed by atoms with Gasteiger partial charge in [0.2, 0.25) is 11.8 Å². The van der Waals surface area contributed by atoms with Crippen LogP contribution in [0.15, 0.2) is 18.2 Å². The molecule has 1 amide bonds. The lowest BCUT2D eigenvalue weighted by molar-refractivity contribution is -0.145. The van der Waals surface area contributed by atoms with E-state index in [1.165, 1.54) is 7.11 Å². The quantitative estimate of drug-likeness (QED) is 0.901. The van der Waals surface area contributed by atoms with Crippen molar-refractivity contribution < 1.29 is 18.3 Å². The van der Waals surface area contributed by atoms with Crippen molar-refractivity contribution >= 4 is 11.6 Å². The minimum atomic E-state index is -2.68. The smallest absolute Gasteiger partial charge is 0.249 e. The van der Waals surface area contributed by atoms with Crippen molar-refractivity contribution in [1.29, 1.82) is 0 Å². The molecule has 1 aliphatic carbocycles. The van der Waals surface area contributed by atoms with Gasteiger partial charge in [0.15, 0.2) is 0 Å². The first-order valence-electron chi connectivity index (χ1n) is 5.74. The van der Waals surface area contributed by atoms with Gasteiger partial charge in [-0.1, -0.05) is 6.07 Å². The zero-order chi connectivity index (χ0) is 13.3. The normalized spacial score (nSPS) is 18.0. The molecular weight excluding hydrogens is 240 g/mol. The summed E-state index contributed by atoms with van der Waals surface area (Å²) in [6, 6.07) is 5.35. The van der Waals surface area contributed by atoms with Crippen molar-refractivity contribution in [2.24, 2.45) is 5.92 Å². The Bertz CT molecular complexity index is 466. The topological polar surface area (TPSA) is 38.3 Å². The van der Waals surface area contributed by atoms with Crippen molar-refractivity contribution in [3.63, 3.8) is 0 Å². The van der Waals surface area contributed by atoms with Crippen LogP contribution in [-0.4, -0.2) is 18.9 Å². The molecule has 1 aromatic rings. The van der Waals surface area contributed by atoms with Gasteiger partial charge in [-0.3, -0.25) is 4.79 Å². The van der Waals surface area contributed by atoms with Crippen LogP contribution in [0, 0.1) is 12.8 Å². The number of aryl methyl sites for hydroxylation is 1. The molecule has 0 heterocycles. The summed E-state index contributed by atoms with van der Waals surface area (Å²) in [5.41, 5.74) is 1.49. The van der Waals surface area contributed by atoms with Crippen LogP contribution in [-0.2, 0) is 4.79 Å². The Labute approximate surface area is 104 Å². The zero-order valence-electron chi connectivity index (χ0n) is 10.3. The number of rotatable bonds is 3. The average molecular weight is 255 g/mol. The first-order valence-corrected chi connectivity index (χ1v) is 5.74. The number of benzene rings is 1. The van der Waals surface area contributed by atoms with E-state index in [1.54, 1.807) is 12.1 Å². The lowest BCUT2D eigenvalue weighted by atomic mass is 9.81. The van der Waals surface area contributed by atoms with Crippen LogP contribution in [0.3, 0.4) is 0 Å². The van der Waals surface area contributed by atoms with Gasteiger partial charge in [0.05, 0.1) is 12.8 Å². The largest absolute Gasteiger partial charge is 0.495 e. The standard InChI is InChI=1S/C13H15F2NO2/c1-8-3-4-11(18-2)10(5-8)16-12(17)9-6-13(14,15)7-9/h3-5,9H,6-7H2,1-2H3,(H,16,17). The van der Waals surface area contributed by atoms with Crippen LogP contribution in [0.1, 0.15) is 18.4 Å². The summed E-state index contributed by atoms with van der Waals surface area (Å²) in [7, 11) is 1.50. The van der Waals surface area contributed by atoms with E-state index in [-0.39, 0.29) is 18.7 Å². The molecule has 5 heteroatoms. The van der Waals surface area contributed by atoms with E-state index in [2.05, 4.69) is 5.32 Å². The van der Waals surface area contributed by atoms with E-state index in [9.17, 15) is 13.6 Å². The second-order valence-electron chi connectivity index (χ2n) is 4.65. The summed E-state index contributed by atoms with van der Waals surface area (Å²) in [5.74, 6) is -3.13. The van der Waals surface area contributed by atoms with Gasteiger partial charge in [-0.25, -0.2) is 8.78 Å². The molecule has 3 nitrogen and oxygen atoms in total. The van der Waals surface area contributed by atoms with E-state index >= 15 is 0 Å². The number of nitrogens with one attached hydrogen (secondary N) is 1. The zero-order valence-corrected chi connectivity index (χ0v) is 10.3. The van der Waals surface area contributed by atoms with Crippen molar-refractivity contribution in [2.75, 3.05) is 12.4 Å². The van der Waals surface area contributed by atoms with Gasteiger partial charge in [0, 0.05) is 18.8 Å². The number of methoxy groups -OCH3 is 1. The minimum absolute atomic E-state index is 0.368. The second kappa shape index (κ2) is 4.55. The third kappa shape index (κ3) is 2.60. The Hall–Kier alpha value is -1.65. The molecule has 0 saturated heterocycles. The van der Waals surface area contributed by atoms with Crippen LogP contribution in [0.4, 0.5) is 14.5 Å². The van der Waals surface area contributed by atoms with E-state index in [4.69, 9.17) is 4.74 Å². The molecule has 0 radical (unpaired) electrons. The highest BCUT2D eigenvalue weighted by atomic mass is 19.3. The summed E-state index contributed by atoms with van der Waals surface area (Å²) in [6.07, 6.45) is -0.736. The predicted molar refractivity (Wildman–Crippen MR) is 64.0 cm³/mol. The number of hydrogen-bond acceptors (Lipinski definition) is 2. The molecule has 1 fully saturated rings. The van der Waals surface area contributed by atoms with Gasteiger partial charge >= 0.3 is 0 Å². The fourth-order valence-electron chi connectivity index (χ4n) is 2.00. The Kier molecular flexibility index (Phi) is 3.24. The van der Waals surface area contributed by atoms with Gasteiger partial charge in [0.1, 0.15) is 5.75 Å². The average Bonchev–Trinajstić information content (AvgIpc) is 2.26. The molecule has 0 aliphatic heterocycles. The van der Waals surface area contributed by atoms with Gasteiger partial charge in [-0.05, 0) is 24.6 Å². The molecule has 2 rings (SSSR count). The maximum Gasteiger partial charge on any atom is 0.249 e. The first kappa shape index (κ1) is 12.8. The second-order valence-corrected chi connectivity index (χ2v) is 4.65. The third-order valence-corrected chi connectivity index (χ3v) is 3.07. The van der Waals surface area contributed by atoms with E-state index in [0.29, 0.717) is 11.4 Å². The SMILES string of the molecule is COc1ccc(C)cc1NC(=O)C1CC(F)(F)C1. The van der Waals surface area contributed by atoms with Crippen LogP contribution < -0.4 is 10.1 Å². The van der Waals surface area contributed by atoms with Crippen LogP contribution in [0.2, 0.25) is 0 Å². The fourth-order valence-corrected chi connectivity index (χ4v) is 2.00. The van der Waals surface area contributed by atoms with Crippen molar-refractivity contribution in [3.05, 3.63) is 23.8 Å². The highest BCUT2D eigenvalue weighted by Gasteiger charge is 2.48. The molecule has 18 heavy (non-hydrogen) atoms. The lowest BCUT2D eigenvalue weighted by Crippen LogP contribution is -2.42. The number of carbonyl (C=O) groups excluding carboxylic acids is 1. The Morgan fingerprint density at radius 2 is 2.11 bits per heavy atom.